The molecule has 0 N–H and O–H groups in total. The number of fused-ring (bicyclic) bond motifs is 1. The molecule has 0 radical (unpaired) electrons. The lowest BCUT2D eigenvalue weighted by atomic mass is 10.1. The summed E-state index contributed by atoms with van der Waals surface area (Å²) in [6.45, 7) is 4.90. The molecule has 0 saturated carbocycles. The number of nitrogens with zero attached hydrogens (tertiary/aromatic N) is 3. The van der Waals surface area contributed by atoms with Gasteiger partial charge in [-0.15, -0.1) is 0 Å². The Bertz CT molecular complexity index is 691. The third kappa shape index (κ3) is 3.67. The van der Waals surface area contributed by atoms with Crippen LogP contribution in [-0.4, -0.2) is 40.8 Å². The van der Waals surface area contributed by atoms with Crippen molar-refractivity contribution in [1.29, 1.82) is 0 Å². The van der Waals surface area contributed by atoms with Gasteiger partial charge in [0.1, 0.15) is 0 Å². The summed E-state index contributed by atoms with van der Waals surface area (Å²) >= 11 is 0. The summed E-state index contributed by atoms with van der Waals surface area (Å²) in [4.78, 5) is 14.2. The Morgan fingerprint density at radius 1 is 1.25 bits per heavy atom. The summed E-state index contributed by atoms with van der Waals surface area (Å²) in [6, 6.07) is 10.7. The third-order valence-corrected chi connectivity index (χ3v) is 4.54. The molecule has 1 aliphatic heterocycles. The fourth-order valence-electron chi connectivity index (χ4n) is 3.07. The number of hydrogen-bond donors (Lipinski definition) is 0. The first-order valence-electron chi connectivity index (χ1n) is 8.64. The van der Waals surface area contributed by atoms with Gasteiger partial charge in [0.15, 0.2) is 0 Å². The molecule has 0 aliphatic carbocycles. The molecule has 0 atom stereocenters. The van der Waals surface area contributed by atoms with E-state index >= 15 is 0 Å². The number of methoxy groups -OCH3 is 1. The Labute approximate surface area is 143 Å². The van der Waals surface area contributed by atoms with E-state index in [0.29, 0.717) is 19.6 Å². The molecule has 1 aromatic heterocycles. The molecular weight excluding hydrogens is 302 g/mol. The fraction of sp³-hybridized carbons (Fsp3) is 0.474. The van der Waals surface area contributed by atoms with Gasteiger partial charge >= 0.3 is 0 Å². The largest absolute Gasteiger partial charge is 0.384 e. The van der Waals surface area contributed by atoms with E-state index in [9.17, 15) is 4.79 Å². The van der Waals surface area contributed by atoms with Crippen molar-refractivity contribution in [3.8, 4) is 11.3 Å². The molecule has 0 fully saturated rings. The molecule has 1 aliphatic rings. The van der Waals surface area contributed by atoms with Crippen LogP contribution in [-0.2, 0) is 29.0 Å². The van der Waals surface area contributed by atoms with E-state index in [1.807, 2.05) is 9.58 Å². The van der Waals surface area contributed by atoms with E-state index in [1.54, 1.807) is 7.11 Å². The molecule has 2 heterocycles. The number of benzene rings is 1. The quantitative estimate of drug-likeness (QED) is 0.848. The van der Waals surface area contributed by atoms with Gasteiger partial charge in [-0.05, 0) is 24.5 Å². The topological polar surface area (TPSA) is 47.4 Å². The van der Waals surface area contributed by atoms with Crippen LogP contribution in [0, 0.1) is 0 Å². The minimum atomic E-state index is 0.153. The van der Waals surface area contributed by atoms with Crippen molar-refractivity contribution in [2.24, 2.45) is 0 Å². The zero-order chi connectivity index (χ0) is 16.9. The molecular formula is C19H25N3O2. The molecule has 1 amide bonds. The highest BCUT2D eigenvalue weighted by atomic mass is 16.5. The van der Waals surface area contributed by atoms with Crippen LogP contribution in [0.15, 0.2) is 30.3 Å². The van der Waals surface area contributed by atoms with Crippen molar-refractivity contribution in [2.75, 3.05) is 20.3 Å². The van der Waals surface area contributed by atoms with Crippen LogP contribution >= 0.6 is 0 Å². The Hall–Kier alpha value is -2.14. The monoisotopic (exact) mass is 327 g/mol. The lowest BCUT2D eigenvalue weighted by molar-refractivity contribution is -0.132. The Morgan fingerprint density at radius 3 is 2.75 bits per heavy atom. The molecule has 2 aromatic rings. The minimum absolute atomic E-state index is 0.153. The maximum atomic E-state index is 12.3. The molecule has 0 unspecified atom stereocenters. The predicted molar refractivity (Wildman–Crippen MR) is 93.6 cm³/mol. The first-order valence-corrected chi connectivity index (χ1v) is 8.64. The predicted octanol–water partition coefficient (Wildman–Crippen LogP) is 2.88. The van der Waals surface area contributed by atoms with Gasteiger partial charge in [-0.2, -0.15) is 5.10 Å². The van der Waals surface area contributed by atoms with Crippen molar-refractivity contribution in [1.82, 2.24) is 14.7 Å². The second kappa shape index (κ2) is 7.62. The van der Waals surface area contributed by atoms with Gasteiger partial charge in [0.2, 0.25) is 5.91 Å². The number of amides is 1. The van der Waals surface area contributed by atoms with Crippen LogP contribution in [0.5, 0.6) is 0 Å². The zero-order valence-electron chi connectivity index (χ0n) is 14.5. The zero-order valence-corrected chi connectivity index (χ0v) is 14.5. The Balaban J connectivity index is 1.77. The number of rotatable bonds is 5. The Morgan fingerprint density at radius 2 is 2.04 bits per heavy atom. The first-order chi connectivity index (χ1) is 11.7. The molecule has 0 spiro atoms. The van der Waals surface area contributed by atoms with Crippen molar-refractivity contribution < 1.29 is 9.53 Å². The van der Waals surface area contributed by atoms with E-state index in [4.69, 9.17) is 9.84 Å². The van der Waals surface area contributed by atoms with E-state index in [0.717, 1.165) is 42.9 Å². The maximum absolute atomic E-state index is 12.3. The molecule has 5 heteroatoms. The van der Waals surface area contributed by atoms with Crippen LogP contribution < -0.4 is 0 Å². The summed E-state index contributed by atoms with van der Waals surface area (Å²) in [5.74, 6) is 0.153. The molecule has 24 heavy (non-hydrogen) atoms. The van der Waals surface area contributed by atoms with Crippen LogP contribution in [0.2, 0.25) is 0 Å². The smallest absolute Gasteiger partial charge is 0.225 e. The minimum Gasteiger partial charge on any atom is -0.384 e. The van der Waals surface area contributed by atoms with Gasteiger partial charge in [0.25, 0.3) is 0 Å². The third-order valence-electron chi connectivity index (χ3n) is 4.54. The van der Waals surface area contributed by atoms with Crippen molar-refractivity contribution in [3.05, 3.63) is 41.6 Å². The summed E-state index contributed by atoms with van der Waals surface area (Å²) in [6.07, 6.45) is 2.41. The molecule has 5 nitrogen and oxygen atoms in total. The van der Waals surface area contributed by atoms with E-state index < -0.39 is 0 Å². The van der Waals surface area contributed by atoms with Crippen LogP contribution in [0.3, 0.4) is 0 Å². The van der Waals surface area contributed by atoms with Gasteiger partial charge in [-0.1, -0.05) is 31.2 Å². The number of carbonyl (C=O) groups is 1. The van der Waals surface area contributed by atoms with Crippen LogP contribution in [0.25, 0.3) is 11.3 Å². The lowest BCUT2D eigenvalue weighted by Gasteiger charge is -2.19. The summed E-state index contributed by atoms with van der Waals surface area (Å²) in [5, 5.41) is 4.75. The standard InChI is InChI=1S/C19H25N3O2/c1-3-15-5-7-16(8-6-15)18-13-17-14-21(19(23)9-12-24-2)10-4-11-22(17)20-18/h5-8,13H,3-4,9-12,14H2,1-2H3. The first kappa shape index (κ1) is 16.7. The summed E-state index contributed by atoms with van der Waals surface area (Å²) in [7, 11) is 1.63. The van der Waals surface area contributed by atoms with E-state index in [1.165, 1.54) is 5.56 Å². The second-order valence-corrected chi connectivity index (χ2v) is 6.21. The van der Waals surface area contributed by atoms with Gasteiger partial charge in [0, 0.05) is 25.8 Å². The maximum Gasteiger partial charge on any atom is 0.225 e. The number of carbonyl (C=O) groups excluding carboxylic acids is 1. The molecule has 1 aromatic carbocycles. The highest BCUT2D eigenvalue weighted by Gasteiger charge is 2.20. The van der Waals surface area contributed by atoms with Crippen LogP contribution in [0.4, 0.5) is 0 Å². The van der Waals surface area contributed by atoms with Crippen LogP contribution in [0.1, 0.15) is 31.0 Å². The number of ether oxygens (including phenoxy) is 1. The van der Waals surface area contributed by atoms with Gasteiger partial charge in [-0.25, -0.2) is 0 Å². The fourth-order valence-corrected chi connectivity index (χ4v) is 3.07. The van der Waals surface area contributed by atoms with Crippen molar-refractivity contribution in [2.45, 2.75) is 39.3 Å². The number of aromatic nitrogens is 2. The molecule has 0 bridgehead atoms. The number of aryl methyl sites for hydroxylation is 2. The molecule has 0 saturated heterocycles. The van der Waals surface area contributed by atoms with Crippen molar-refractivity contribution >= 4 is 5.91 Å². The van der Waals surface area contributed by atoms with Gasteiger partial charge < -0.3 is 9.64 Å². The average Bonchev–Trinajstić information content (AvgIpc) is 2.91. The average molecular weight is 327 g/mol. The van der Waals surface area contributed by atoms with E-state index in [-0.39, 0.29) is 5.91 Å². The van der Waals surface area contributed by atoms with Crippen molar-refractivity contribution in [3.63, 3.8) is 0 Å². The lowest BCUT2D eigenvalue weighted by Crippen LogP contribution is -2.31. The summed E-state index contributed by atoms with van der Waals surface area (Å²) in [5.41, 5.74) is 4.55. The normalized spacial score (nSPS) is 14.3. The van der Waals surface area contributed by atoms with E-state index in [2.05, 4.69) is 37.3 Å². The number of hydrogen-bond acceptors (Lipinski definition) is 3. The highest BCUT2D eigenvalue weighted by molar-refractivity contribution is 5.76. The SMILES string of the molecule is CCc1ccc(-c2cc3n(n2)CCCN(C(=O)CCOC)C3)cc1. The summed E-state index contributed by atoms with van der Waals surface area (Å²) < 4.78 is 7.07. The Kier molecular flexibility index (Phi) is 5.30. The van der Waals surface area contributed by atoms with Gasteiger partial charge in [0.05, 0.1) is 31.0 Å². The highest BCUT2D eigenvalue weighted by Crippen LogP contribution is 2.23. The molecule has 3 rings (SSSR count). The second-order valence-electron chi connectivity index (χ2n) is 6.21. The van der Waals surface area contributed by atoms with Gasteiger partial charge in [-0.3, -0.25) is 9.48 Å². The molecule has 128 valence electrons.